The van der Waals surface area contributed by atoms with Crippen LogP contribution >= 0.6 is 34.5 Å². The number of nitrogens with zero attached hydrogens (tertiary/aromatic N) is 1. The van der Waals surface area contributed by atoms with Gasteiger partial charge in [-0.25, -0.2) is 4.98 Å². The van der Waals surface area contributed by atoms with Crippen LogP contribution in [0, 0.1) is 0 Å². The number of fused-ring (bicyclic) bond motifs is 1. The maximum atomic E-state index is 6.21. The summed E-state index contributed by atoms with van der Waals surface area (Å²) in [4.78, 5) is 4.29. The highest BCUT2D eigenvalue weighted by Crippen LogP contribution is 2.37. The quantitative estimate of drug-likeness (QED) is 0.696. The van der Waals surface area contributed by atoms with Crippen LogP contribution in [0.2, 0.25) is 10.0 Å². The lowest BCUT2D eigenvalue weighted by Gasteiger charge is -2.07. The van der Waals surface area contributed by atoms with Crippen LogP contribution in [0.15, 0.2) is 35.7 Å². The molecule has 0 aliphatic heterocycles. The predicted octanol–water partition coefficient (Wildman–Crippen LogP) is 4.85. The summed E-state index contributed by atoms with van der Waals surface area (Å²) >= 11 is 13.8. The third-order valence-electron chi connectivity index (χ3n) is 2.69. The highest BCUT2D eigenvalue weighted by Gasteiger charge is 2.12. The van der Waals surface area contributed by atoms with Gasteiger partial charge in [-0.2, -0.15) is 0 Å². The van der Waals surface area contributed by atoms with E-state index in [-0.39, 0.29) is 0 Å². The molecule has 2 aromatic heterocycles. The summed E-state index contributed by atoms with van der Waals surface area (Å²) in [6, 6.07) is 9.72. The van der Waals surface area contributed by atoms with Gasteiger partial charge in [-0.1, -0.05) is 41.4 Å². The van der Waals surface area contributed by atoms with Crippen molar-refractivity contribution in [1.82, 2.24) is 4.98 Å². The Bertz CT molecular complexity index is 737. The molecule has 0 aliphatic carbocycles. The molecule has 18 heavy (non-hydrogen) atoms. The SMILES string of the molecule is Nc1nc(-c2cccc3ccsc23)c(Cl)cc1Cl. The Hall–Kier alpha value is -1.29. The second kappa shape index (κ2) is 4.43. The van der Waals surface area contributed by atoms with Crippen LogP contribution in [0.25, 0.3) is 21.3 Å². The molecule has 3 aromatic rings. The number of nitrogen functional groups attached to an aromatic ring is 1. The topological polar surface area (TPSA) is 38.9 Å². The van der Waals surface area contributed by atoms with Gasteiger partial charge >= 0.3 is 0 Å². The van der Waals surface area contributed by atoms with E-state index in [0.29, 0.717) is 21.6 Å². The number of hydrogen-bond acceptors (Lipinski definition) is 3. The molecule has 0 spiro atoms. The zero-order valence-corrected chi connectivity index (χ0v) is 11.5. The van der Waals surface area contributed by atoms with Crippen molar-refractivity contribution in [2.75, 3.05) is 5.73 Å². The molecule has 0 bridgehead atoms. The first-order chi connectivity index (χ1) is 8.66. The molecule has 2 nitrogen and oxygen atoms in total. The lowest BCUT2D eigenvalue weighted by molar-refractivity contribution is 1.34. The summed E-state index contributed by atoms with van der Waals surface area (Å²) in [5, 5.41) is 4.10. The molecule has 0 radical (unpaired) electrons. The molecule has 0 fully saturated rings. The van der Waals surface area contributed by atoms with Gasteiger partial charge in [0.15, 0.2) is 0 Å². The van der Waals surface area contributed by atoms with Gasteiger partial charge in [0.1, 0.15) is 5.82 Å². The number of pyridine rings is 1. The van der Waals surface area contributed by atoms with Gasteiger partial charge in [-0.05, 0) is 22.9 Å². The number of halogens is 2. The monoisotopic (exact) mass is 294 g/mol. The number of nitrogens with two attached hydrogens (primary N) is 1. The second-order valence-electron chi connectivity index (χ2n) is 3.83. The first-order valence-corrected chi connectivity index (χ1v) is 6.88. The summed E-state index contributed by atoms with van der Waals surface area (Å²) in [6.07, 6.45) is 0. The molecule has 0 saturated heterocycles. The number of hydrogen-bond donors (Lipinski definition) is 1. The van der Waals surface area contributed by atoms with Gasteiger partial charge in [0, 0.05) is 10.3 Å². The van der Waals surface area contributed by atoms with Crippen molar-refractivity contribution >= 4 is 50.4 Å². The van der Waals surface area contributed by atoms with Crippen LogP contribution in [0.4, 0.5) is 5.82 Å². The fraction of sp³-hybridized carbons (Fsp3) is 0. The number of aromatic nitrogens is 1. The molecule has 1 aromatic carbocycles. The standard InChI is InChI=1S/C13H8Cl2N2S/c14-9-6-10(15)13(16)17-11(9)8-3-1-2-7-4-5-18-12(7)8/h1-6H,(H2,16,17). The number of rotatable bonds is 1. The van der Waals surface area contributed by atoms with Crippen LogP contribution in [0.3, 0.4) is 0 Å². The van der Waals surface area contributed by atoms with Crippen LogP contribution < -0.4 is 5.73 Å². The molecule has 5 heteroatoms. The van der Waals surface area contributed by atoms with Crippen molar-refractivity contribution in [3.05, 3.63) is 45.8 Å². The minimum atomic E-state index is 0.296. The van der Waals surface area contributed by atoms with E-state index in [0.717, 1.165) is 10.3 Å². The van der Waals surface area contributed by atoms with Crippen molar-refractivity contribution in [2.24, 2.45) is 0 Å². The third-order valence-corrected chi connectivity index (χ3v) is 4.25. The van der Waals surface area contributed by atoms with E-state index in [2.05, 4.69) is 17.1 Å². The first-order valence-electron chi connectivity index (χ1n) is 5.25. The molecule has 3 rings (SSSR count). The average Bonchev–Trinajstić information content (AvgIpc) is 2.82. The van der Waals surface area contributed by atoms with Crippen LogP contribution in [0.1, 0.15) is 0 Å². The molecule has 90 valence electrons. The van der Waals surface area contributed by atoms with E-state index < -0.39 is 0 Å². The van der Waals surface area contributed by atoms with E-state index in [1.165, 1.54) is 5.39 Å². The van der Waals surface area contributed by atoms with E-state index >= 15 is 0 Å². The molecule has 2 N–H and O–H groups in total. The zero-order chi connectivity index (χ0) is 12.7. The highest BCUT2D eigenvalue weighted by molar-refractivity contribution is 7.17. The summed E-state index contributed by atoms with van der Waals surface area (Å²) in [6.45, 7) is 0. The molecular formula is C13H8Cl2N2S. The average molecular weight is 295 g/mol. The normalized spacial score (nSPS) is 11.0. The minimum Gasteiger partial charge on any atom is -0.382 e. The Labute approximate surface area is 118 Å². The van der Waals surface area contributed by atoms with Crippen molar-refractivity contribution in [3.63, 3.8) is 0 Å². The largest absolute Gasteiger partial charge is 0.382 e. The lowest BCUT2D eigenvalue weighted by Crippen LogP contribution is -1.94. The first kappa shape index (κ1) is 11.8. The van der Waals surface area contributed by atoms with Crippen LogP contribution in [-0.4, -0.2) is 4.98 Å². The fourth-order valence-electron chi connectivity index (χ4n) is 1.85. The molecule has 0 amide bonds. The van der Waals surface area contributed by atoms with Gasteiger partial charge in [-0.3, -0.25) is 0 Å². The van der Waals surface area contributed by atoms with Crippen molar-refractivity contribution in [2.45, 2.75) is 0 Å². The second-order valence-corrected chi connectivity index (χ2v) is 5.56. The summed E-state index contributed by atoms with van der Waals surface area (Å²) in [5.41, 5.74) is 7.40. The Morgan fingerprint density at radius 1 is 1.11 bits per heavy atom. The maximum absolute atomic E-state index is 6.21. The highest BCUT2D eigenvalue weighted by atomic mass is 35.5. The van der Waals surface area contributed by atoms with Crippen molar-refractivity contribution in [3.8, 4) is 11.3 Å². The van der Waals surface area contributed by atoms with E-state index in [1.807, 2.05) is 17.5 Å². The number of benzene rings is 1. The van der Waals surface area contributed by atoms with Gasteiger partial charge in [-0.15, -0.1) is 11.3 Å². The molecule has 2 heterocycles. The van der Waals surface area contributed by atoms with Gasteiger partial charge in [0.25, 0.3) is 0 Å². The zero-order valence-electron chi connectivity index (χ0n) is 9.15. The molecule has 0 atom stereocenters. The van der Waals surface area contributed by atoms with Crippen molar-refractivity contribution < 1.29 is 0 Å². The van der Waals surface area contributed by atoms with E-state index in [1.54, 1.807) is 17.4 Å². The van der Waals surface area contributed by atoms with Gasteiger partial charge < -0.3 is 5.73 Å². The lowest BCUT2D eigenvalue weighted by atomic mass is 10.1. The predicted molar refractivity (Wildman–Crippen MR) is 79.5 cm³/mol. The van der Waals surface area contributed by atoms with E-state index in [4.69, 9.17) is 28.9 Å². The molecule has 0 saturated carbocycles. The summed E-state index contributed by atoms with van der Waals surface area (Å²) < 4.78 is 1.15. The third kappa shape index (κ3) is 1.85. The van der Waals surface area contributed by atoms with Crippen molar-refractivity contribution in [1.29, 1.82) is 0 Å². The maximum Gasteiger partial charge on any atom is 0.143 e. The van der Waals surface area contributed by atoms with Gasteiger partial charge in [0.05, 0.1) is 15.7 Å². The van der Waals surface area contributed by atoms with Crippen LogP contribution in [0.5, 0.6) is 0 Å². The van der Waals surface area contributed by atoms with E-state index in [9.17, 15) is 0 Å². The smallest absolute Gasteiger partial charge is 0.143 e. The Balaban J connectivity index is 2.32. The molecule has 0 unspecified atom stereocenters. The summed E-state index contributed by atoms with van der Waals surface area (Å²) in [5.74, 6) is 0.296. The Morgan fingerprint density at radius 2 is 1.94 bits per heavy atom. The molecule has 0 aliphatic rings. The fourth-order valence-corrected chi connectivity index (χ4v) is 3.22. The Morgan fingerprint density at radius 3 is 2.78 bits per heavy atom. The Kier molecular flexibility index (Phi) is 2.90. The minimum absolute atomic E-state index is 0.296. The molecular weight excluding hydrogens is 287 g/mol. The number of anilines is 1. The number of thiophene rings is 1. The van der Waals surface area contributed by atoms with Gasteiger partial charge in [0.2, 0.25) is 0 Å². The summed E-state index contributed by atoms with van der Waals surface area (Å²) in [7, 11) is 0. The van der Waals surface area contributed by atoms with Crippen LogP contribution in [-0.2, 0) is 0 Å².